The molecule has 1 aromatic carbocycles. The normalized spacial score (nSPS) is 24.1. The number of hydrogen-bond donors (Lipinski definition) is 1. The van der Waals surface area contributed by atoms with E-state index in [1.165, 1.54) is 0 Å². The zero-order valence-electron chi connectivity index (χ0n) is 15.6. The van der Waals surface area contributed by atoms with Crippen LogP contribution in [0.3, 0.4) is 0 Å². The minimum absolute atomic E-state index is 0.154. The first-order chi connectivity index (χ1) is 12.7. The third-order valence-corrected chi connectivity index (χ3v) is 5.58. The average molecular weight is 358 g/mol. The third-order valence-electron chi connectivity index (χ3n) is 5.58. The molecule has 2 atom stereocenters. The molecule has 1 amide bonds. The molecule has 0 saturated carbocycles. The van der Waals surface area contributed by atoms with Crippen molar-refractivity contribution in [1.29, 1.82) is 0 Å². The van der Waals surface area contributed by atoms with Gasteiger partial charge in [-0.25, -0.2) is 0 Å². The van der Waals surface area contributed by atoms with Crippen molar-refractivity contribution in [2.24, 2.45) is 5.92 Å². The monoisotopic (exact) mass is 358 g/mol. The Bertz CT molecular complexity index is 631. The first kappa shape index (κ1) is 18.9. The number of carbonyl (C=O) groups excluding carboxylic acids is 1. The molecular formula is C21H30N2O3. The van der Waals surface area contributed by atoms with Crippen molar-refractivity contribution >= 4 is 12.0 Å². The maximum atomic E-state index is 12.2. The van der Waals surface area contributed by atoms with Crippen LogP contribution in [0.2, 0.25) is 0 Å². The highest BCUT2D eigenvalue weighted by molar-refractivity contribution is 5.77. The van der Waals surface area contributed by atoms with Crippen molar-refractivity contribution in [2.75, 3.05) is 39.9 Å². The minimum atomic E-state index is 0.154. The summed E-state index contributed by atoms with van der Waals surface area (Å²) < 4.78 is 5.39. The van der Waals surface area contributed by atoms with E-state index in [1.54, 1.807) is 7.11 Å². The van der Waals surface area contributed by atoms with Crippen molar-refractivity contribution in [3.05, 3.63) is 35.9 Å². The van der Waals surface area contributed by atoms with Gasteiger partial charge in [0.05, 0.1) is 7.11 Å². The number of para-hydroxylation sites is 1. The second-order valence-corrected chi connectivity index (χ2v) is 7.22. The SMILES string of the molecule is COc1ccccc1/C=C/CN1CC[C@H]2[C@H](CCC(=O)N2CCCO)C1. The number of methoxy groups -OCH3 is 1. The van der Waals surface area contributed by atoms with Gasteiger partial charge in [0.2, 0.25) is 5.91 Å². The predicted molar refractivity (Wildman–Crippen MR) is 103 cm³/mol. The number of piperidine rings is 2. The van der Waals surface area contributed by atoms with Crippen LogP contribution in [0, 0.1) is 5.92 Å². The Balaban J connectivity index is 1.55. The summed E-state index contributed by atoms with van der Waals surface area (Å²) in [6.45, 7) is 3.83. The van der Waals surface area contributed by atoms with E-state index < -0.39 is 0 Å². The summed E-state index contributed by atoms with van der Waals surface area (Å²) in [7, 11) is 1.70. The molecule has 0 aromatic heterocycles. The highest BCUT2D eigenvalue weighted by atomic mass is 16.5. The van der Waals surface area contributed by atoms with Crippen LogP contribution in [0.15, 0.2) is 30.3 Å². The van der Waals surface area contributed by atoms with E-state index in [2.05, 4.69) is 23.1 Å². The summed E-state index contributed by atoms with van der Waals surface area (Å²) in [5.41, 5.74) is 1.10. The van der Waals surface area contributed by atoms with E-state index in [0.29, 0.717) is 31.3 Å². The quantitative estimate of drug-likeness (QED) is 0.813. The van der Waals surface area contributed by atoms with Crippen molar-refractivity contribution in [1.82, 2.24) is 9.80 Å². The van der Waals surface area contributed by atoms with Crippen LogP contribution in [0.1, 0.15) is 31.2 Å². The average Bonchev–Trinajstić information content (AvgIpc) is 2.67. The molecule has 0 unspecified atom stereocenters. The molecule has 2 aliphatic heterocycles. The van der Waals surface area contributed by atoms with E-state index in [4.69, 9.17) is 9.84 Å². The van der Waals surface area contributed by atoms with Gasteiger partial charge in [0.1, 0.15) is 5.75 Å². The number of hydrogen-bond acceptors (Lipinski definition) is 4. The number of amides is 1. The Kier molecular flexibility index (Phi) is 6.69. The summed E-state index contributed by atoms with van der Waals surface area (Å²) in [5.74, 6) is 1.72. The number of nitrogens with zero attached hydrogens (tertiary/aromatic N) is 2. The van der Waals surface area contributed by atoms with Gasteiger partial charge in [-0.1, -0.05) is 30.4 Å². The smallest absolute Gasteiger partial charge is 0.222 e. The standard InChI is InChI=1S/C21H30N2O3/c1-26-20-8-3-2-6-17(20)7-4-12-22-14-11-19-18(16-22)9-10-21(25)23(19)13-5-15-24/h2-4,6-8,18-19,24H,5,9-16H2,1H3/b7-4+/t18-,19+/m1/s1. The number of rotatable bonds is 7. The predicted octanol–water partition coefficient (Wildman–Crippen LogP) is 2.40. The Morgan fingerprint density at radius 3 is 2.96 bits per heavy atom. The highest BCUT2D eigenvalue weighted by Gasteiger charge is 2.38. The summed E-state index contributed by atoms with van der Waals surface area (Å²) >= 11 is 0. The molecule has 142 valence electrons. The second kappa shape index (κ2) is 9.19. The van der Waals surface area contributed by atoms with Crippen LogP contribution < -0.4 is 4.74 Å². The van der Waals surface area contributed by atoms with E-state index in [9.17, 15) is 4.79 Å². The molecule has 0 radical (unpaired) electrons. The van der Waals surface area contributed by atoms with Crippen LogP contribution in [-0.4, -0.2) is 66.8 Å². The number of benzene rings is 1. The molecule has 26 heavy (non-hydrogen) atoms. The number of likely N-dealkylation sites (tertiary alicyclic amines) is 2. The van der Waals surface area contributed by atoms with Crippen molar-refractivity contribution < 1.29 is 14.6 Å². The van der Waals surface area contributed by atoms with Crippen LogP contribution >= 0.6 is 0 Å². The fourth-order valence-corrected chi connectivity index (χ4v) is 4.26. The lowest BCUT2D eigenvalue weighted by Crippen LogP contribution is -2.56. The highest BCUT2D eigenvalue weighted by Crippen LogP contribution is 2.31. The van der Waals surface area contributed by atoms with Gasteiger partial charge in [0.25, 0.3) is 0 Å². The molecule has 0 aliphatic carbocycles. The van der Waals surface area contributed by atoms with E-state index in [1.807, 2.05) is 23.1 Å². The molecular weight excluding hydrogens is 328 g/mol. The van der Waals surface area contributed by atoms with Gasteiger partial charge in [0, 0.05) is 50.8 Å². The van der Waals surface area contributed by atoms with Gasteiger partial charge in [-0.2, -0.15) is 0 Å². The second-order valence-electron chi connectivity index (χ2n) is 7.22. The Morgan fingerprint density at radius 2 is 2.15 bits per heavy atom. The molecule has 2 heterocycles. The molecule has 3 rings (SSSR count). The van der Waals surface area contributed by atoms with Gasteiger partial charge in [-0.05, 0) is 31.2 Å². The molecule has 1 N–H and O–H groups in total. The number of ether oxygens (including phenoxy) is 1. The number of carbonyl (C=O) groups is 1. The summed E-state index contributed by atoms with van der Waals surface area (Å²) in [4.78, 5) is 16.7. The Morgan fingerprint density at radius 1 is 1.31 bits per heavy atom. The van der Waals surface area contributed by atoms with Crippen LogP contribution in [0.4, 0.5) is 0 Å². The van der Waals surface area contributed by atoms with Gasteiger partial charge in [-0.3, -0.25) is 9.69 Å². The number of fused-ring (bicyclic) bond motifs is 1. The lowest BCUT2D eigenvalue weighted by Gasteiger charge is -2.47. The first-order valence-electron chi connectivity index (χ1n) is 9.65. The minimum Gasteiger partial charge on any atom is -0.496 e. The summed E-state index contributed by atoms with van der Waals surface area (Å²) in [6, 6.07) is 8.40. The Labute approximate surface area is 156 Å². The van der Waals surface area contributed by atoms with Crippen molar-refractivity contribution in [3.63, 3.8) is 0 Å². The third kappa shape index (κ3) is 4.46. The largest absolute Gasteiger partial charge is 0.496 e. The van der Waals surface area contributed by atoms with Gasteiger partial charge in [0.15, 0.2) is 0 Å². The molecule has 2 saturated heterocycles. The van der Waals surface area contributed by atoms with E-state index in [-0.39, 0.29) is 12.5 Å². The van der Waals surface area contributed by atoms with Gasteiger partial charge in [-0.15, -0.1) is 0 Å². The zero-order valence-corrected chi connectivity index (χ0v) is 15.6. The molecule has 0 spiro atoms. The van der Waals surface area contributed by atoms with Crippen molar-refractivity contribution in [3.8, 4) is 5.75 Å². The fraction of sp³-hybridized carbons (Fsp3) is 0.571. The fourth-order valence-electron chi connectivity index (χ4n) is 4.26. The lowest BCUT2D eigenvalue weighted by atomic mass is 9.83. The molecule has 0 bridgehead atoms. The molecule has 5 nitrogen and oxygen atoms in total. The summed E-state index contributed by atoms with van der Waals surface area (Å²) in [5, 5.41) is 9.09. The van der Waals surface area contributed by atoms with Gasteiger partial charge >= 0.3 is 0 Å². The Hall–Kier alpha value is -1.85. The van der Waals surface area contributed by atoms with Crippen LogP contribution in [0.25, 0.3) is 6.08 Å². The molecule has 2 fully saturated rings. The van der Waals surface area contributed by atoms with Crippen molar-refractivity contribution in [2.45, 2.75) is 31.7 Å². The zero-order chi connectivity index (χ0) is 18.4. The maximum Gasteiger partial charge on any atom is 0.222 e. The maximum absolute atomic E-state index is 12.2. The molecule has 5 heteroatoms. The lowest BCUT2D eigenvalue weighted by molar-refractivity contribution is -0.141. The summed E-state index contributed by atoms with van der Waals surface area (Å²) in [6.07, 6.45) is 7.69. The van der Waals surface area contributed by atoms with E-state index in [0.717, 1.165) is 43.8 Å². The first-order valence-corrected chi connectivity index (χ1v) is 9.65. The van der Waals surface area contributed by atoms with Crippen LogP contribution in [-0.2, 0) is 4.79 Å². The number of aliphatic hydroxyl groups is 1. The molecule has 1 aromatic rings. The van der Waals surface area contributed by atoms with Crippen LogP contribution in [0.5, 0.6) is 5.75 Å². The topological polar surface area (TPSA) is 53.0 Å². The van der Waals surface area contributed by atoms with E-state index >= 15 is 0 Å². The number of aliphatic hydroxyl groups excluding tert-OH is 1. The van der Waals surface area contributed by atoms with Gasteiger partial charge < -0.3 is 14.7 Å². The molecule has 2 aliphatic rings.